The van der Waals surface area contributed by atoms with Gasteiger partial charge in [0.05, 0.1) is 13.7 Å². The summed E-state index contributed by atoms with van der Waals surface area (Å²) >= 11 is 0. The summed E-state index contributed by atoms with van der Waals surface area (Å²) in [5.74, 6) is 0.564. The van der Waals surface area contributed by atoms with Crippen molar-refractivity contribution in [3.8, 4) is 28.3 Å². The number of nitrogens with zero attached hydrogens (tertiary/aromatic N) is 4. The lowest BCUT2D eigenvalue weighted by Gasteiger charge is -2.23. The van der Waals surface area contributed by atoms with Crippen LogP contribution in [0.3, 0.4) is 0 Å². The molecular formula is C38H35F2N5O5. The number of aromatic nitrogens is 3. The Morgan fingerprint density at radius 2 is 1.84 bits per heavy atom. The lowest BCUT2D eigenvalue weighted by molar-refractivity contribution is -0.146. The Morgan fingerprint density at radius 3 is 2.62 bits per heavy atom. The summed E-state index contributed by atoms with van der Waals surface area (Å²) in [5, 5.41) is 13.8. The van der Waals surface area contributed by atoms with E-state index < -0.39 is 12.7 Å². The first-order valence-electron chi connectivity index (χ1n) is 16.3. The average molecular weight is 680 g/mol. The monoisotopic (exact) mass is 679 g/mol. The number of aliphatic hydroxyl groups excluding tert-OH is 1. The van der Waals surface area contributed by atoms with Crippen molar-refractivity contribution in [3.63, 3.8) is 0 Å². The smallest absolute Gasteiger partial charge is 0.387 e. The number of hydrogen-bond acceptors (Lipinski definition) is 10. The largest absolute Gasteiger partial charge is 0.468 e. The molecule has 50 heavy (non-hydrogen) atoms. The lowest BCUT2D eigenvalue weighted by atomic mass is 9.93. The molecule has 12 heteroatoms. The Labute approximate surface area is 286 Å². The number of benzene rings is 3. The molecule has 0 spiro atoms. The van der Waals surface area contributed by atoms with Crippen LogP contribution in [0.5, 0.6) is 5.75 Å². The van der Waals surface area contributed by atoms with E-state index in [1.54, 1.807) is 18.5 Å². The number of methoxy groups -OCH3 is 1. The first-order valence-corrected chi connectivity index (χ1v) is 16.3. The summed E-state index contributed by atoms with van der Waals surface area (Å²) < 4.78 is 43.1. The standard InChI is InChI=1S/C38H35F2N5O5/c1-21-26(27-8-5-10-29(22(27)2)43-35-34-24(12-13-41-35)15-23(20-46)18-42-34)7-4-9-28(21)36-44-30-16-25(32(50-38(39)40)17-33(30)49-36)19-45-14-6-11-31(45)37(47)48-3/h4-5,7-10,12-13,15-18,31,38,46H,6,11,14,19-20H2,1-3H3,(H,41,43)/t31-/m0/s1. The van der Waals surface area contributed by atoms with E-state index in [1.807, 2.05) is 67.3 Å². The van der Waals surface area contributed by atoms with Gasteiger partial charge in [-0.3, -0.25) is 14.7 Å². The fraction of sp³-hybridized carbons (Fsp3) is 0.263. The summed E-state index contributed by atoms with van der Waals surface area (Å²) in [7, 11) is 1.34. The molecule has 0 radical (unpaired) electrons. The van der Waals surface area contributed by atoms with Crippen molar-refractivity contribution < 1.29 is 32.6 Å². The maximum absolute atomic E-state index is 13.5. The van der Waals surface area contributed by atoms with Crippen LogP contribution in [-0.4, -0.2) is 57.2 Å². The van der Waals surface area contributed by atoms with Crippen LogP contribution in [0.2, 0.25) is 0 Å². The molecule has 1 atom stereocenters. The summed E-state index contributed by atoms with van der Waals surface area (Å²) in [6.07, 6.45) is 4.77. The first kappa shape index (κ1) is 33.1. The van der Waals surface area contributed by atoms with Crippen LogP contribution in [0.25, 0.3) is 44.6 Å². The topological polar surface area (TPSA) is 123 Å². The number of hydrogen-bond donors (Lipinski definition) is 2. The van der Waals surface area contributed by atoms with Gasteiger partial charge < -0.3 is 24.3 Å². The molecular weight excluding hydrogens is 644 g/mol. The van der Waals surface area contributed by atoms with Crippen LogP contribution in [0.15, 0.2) is 77.5 Å². The number of alkyl halides is 2. The number of likely N-dealkylation sites (tertiary alicyclic amines) is 1. The number of esters is 1. The number of oxazole rings is 1. The van der Waals surface area contributed by atoms with Gasteiger partial charge in [-0.15, -0.1) is 0 Å². The quantitative estimate of drug-likeness (QED) is 0.139. The first-order chi connectivity index (χ1) is 24.2. The number of fused-ring (bicyclic) bond motifs is 2. The zero-order valence-electron chi connectivity index (χ0n) is 27.7. The second kappa shape index (κ2) is 13.8. The van der Waals surface area contributed by atoms with Crippen LogP contribution in [-0.2, 0) is 22.7 Å². The van der Waals surface area contributed by atoms with Crippen molar-refractivity contribution in [2.24, 2.45) is 0 Å². The average Bonchev–Trinajstić information content (AvgIpc) is 3.75. The van der Waals surface area contributed by atoms with Gasteiger partial charge in [0.25, 0.3) is 0 Å². The summed E-state index contributed by atoms with van der Waals surface area (Å²) in [6, 6.07) is 18.3. The highest BCUT2D eigenvalue weighted by atomic mass is 19.3. The summed E-state index contributed by atoms with van der Waals surface area (Å²) in [5.41, 5.74) is 8.15. The van der Waals surface area contributed by atoms with E-state index in [4.69, 9.17) is 18.9 Å². The van der Waals surface area contributed by atoms with Crippen LogP contribution in [0, 0.1) is 13.8 Å². The number of ether oxygens (including phenoxy) is 2. The van der Waals surface area contributed by atoms with E-state index in [2.05, 4.69) is 15.3 Å². The molecule has 1 aliphatic rings. The Morgan fingerprint density at radius 1 is 1.06 bits per heavy atom. The number of halogens is 2. The van der Waals surface area contributed by atoms with Gasteiger partial charge in [0.2, 0.25) is 5.89 Å². The van der Waals surface area contributed by atoms with Crippen LogP contribution < -0.4 is 10.1 Å². The highest BCUT2D eigenvalue weighted by Crippen LogP contribution is 2.38. The highest BCUT2D eigenvalue weighted by Gasteiger charge is 2.32. The van der Waals surface area contributed by atoms with Crippen molar-refractivity contribution >= 4 is 39.5 Å². The fourth-order valence-corrected chi connectivity index (χ4v) is 6.71. The highest BCUT2D eigenvalue weighted by molar-refractivity contribution is 5.91. The van der Waals surface area contributed by atoms with Gasteiger partial charge in [0.1, 0.15) is 22.8 Å². The van der Waals surface area contributed by atoms with Gasteiger partial charge in [-0.1, -0.05) is 24.3 Å². The van der Waals surface area contributed by atoms with E-state index in [0.717, 1.165) is 50.9 Å². The molecule has 1 aliphatic heterocycles. The zero-order valence-corrected chi connectivity index (χ0v) is 27.7. The minimum atomic E-state index is -3.04. The molecule has 1 saturated heterocycles. The maximum atomic E-state index is 13.5. The number of pyridine rings is 2. The SMILES string of the molecule is COC(=O)[C@@H]1CCCN1Cc1cc2nc(-c3cccc(-c4cccc(Nc5nccc6cc(CO)cnc56)c4C)c3C)oc2cc1OC(F)F. The third kappa shape index (κ3) is 6.35. The molecule has 256 valence electrons. The minimum Gasteiger partial charge on any atom is -0.468 e. The van der Waals surface area contributed by atoms with Gasteiger partial charge in [-0.05, 0) is 91.4 Å². The zero-order chi connectivity index (χ0) is 34.9. The normalized spacial score (nSPS) is 14.9. The second-order valence-electron chi connectivity index (χ2n) is 12.3. The minimum absolute atomic E-state index is 0.0270. The third-order valence-electron chi connectivity index (χ3n) is 9.28. The molecule has 0 saturated carbocycles. The molecule has 10 nitrogen and oxygen atoms in total. The second-order valence-corrected chi connectivity index (χ2v) is 12.3. The van der Waals surface area contributed by atoms with Crippen molar-refractivity contribution in [1.29, 1.82) is 0 Å². The van der Waals surface area contributed by atoms with Gasteiger partial charge >= 0.3 is 12.6 Å². The summed E-state index contributed by atoms with van der Waals surface area (Å²) in [4.78, 5) is 28.1. The molecule has 1 fully saturated rings. The lowest BCUT2D eigenvalue weighted by Crippen LogP contribution is -2.36. The predicted molar refractivity (Wildman–Crippen MR) is 185 cm³/mol. The van der Waals surface area contributed by atoms with Crippen molar-refractivity contribution in [2.45, 2.75) is 52.5 Å². The van der Waals surface area contributed by atoms with Crippen LogP contribution in [0.4, 0.5) is 20.3 Å². The predicted octanol–water partition coefficient (Wildman–Crippen LogP) is 7.70. The van der Waals surface area contributed by atoms with Crippen LogP contribution in [0.1, 0.15) is 35.1 Å². The van der Waals surface area contributed by atoms with Gasteiger partial charge in [0.15, 0.2) is 11.4 Å². The molecule has 6 aromatic rings. The van der Waals surface area contributed by atoms with Gasteiger partial charge in [-0.25, -0.2) is 9.97 Å². The van der Waals surface area contributed by atoms with E-state index in [1.165, 1.54) is 13.2 Å². The Hall–Kier alpha value is -5.46. The number of nitrogens with one attached hydrogen (secondary N) is 1. The molecule has 3 aromatic heterocycles. The number of aliphatic hydroxyl groups is 1. The van der Waals surface area contributed by atoms with Crippen molar-refractivity contribution in [1.82, 2.24) is 19.9 Å². The van der Waals surface area contributed by atoms with Crippen molar-refractivity contribution in [2.75, 3.05) is 19.0 Å². The van der Waals surface area contributed by atoms with Crippen LogP contribution >= 0.6 is 0 Å². The number of carbonyl (C=O) groups excluding carboxylic acids is 1. The fourth-order valence-electron chi connectivity index (χ4n) is 6.71. The number of anilines is 2. The molecule has 3 aromatic carbocycles. The van der Waals surface area contributed by atoms with E-state index in [9.17, 15) is 18.7 Å². The molecule has 0 bridgehead atoms. The number of rotatable bonds is 10. The maximum Gasteiger partial charge on any atom is 0.387 e. The molecule has 4 heterocycles. The van der Waals surface area contributed by atoms with Crippen molar-refractivity contribution in [3.05, 3.63) is 95.3 Å². The van der Waals surface area contributed by atoms with E-state index >= 15 is 0 Å². The van der Waals surface area contributed by atoms with E-state index in [-0.39, 0.29) is 24.9 Å². The van der Waals surface area contributed by atoms with Gasteiger partial charge in [-0.2, -0.15) is 8.78 Å². The third-order valence-corrected chi connectivity index (χ3v) is 9.28. The molecule has 7 rings (SSSR count). The molecule has 0 amide bonds. The number of carbonyl (C=O) groups is 1. The molecule has 0 unspecified atom stereocenters. The summed E-state index contributed by atoms with van der Waals surface area (Å²) in [6.45, 7) is 1.73. The Balaban J connectivity index is 1.22. The van der Waals surface area contributed by atoms with E-state index in [0.29, 0.717) is 46.9 Å². The van der Waals surface area contributed by atoms with Gasteiger partial charge in [0, 0.05) is 47.2 Å². The Kier molecular flexibility index (Phi) is 9.13. The Bertz CT molecular complexity index is 2220. The molecule has 2 N–H and O–H groups in total. The molecule has 0 aliphatic carbocycles.